The van der Waals surface area contributed by atoms with Gasteiger partial charge in [-0.1, -0.05) is 11.6 Å². The molecule has 0 aromatic heterocycles. The van der Waals surface area contributed by atoms with Crippen molar-refractivity contribution in [2.24, 2.45) is 0 Å². The predicted octanol–water partition coefficient (Wildman–Crippen LogP) is 4.07. The van der Waals surface area contributed by atoms with E-state index in [0.29, 0.717) is 16.3 Å². The van der Waals surface area contributed by atoms with Gasteiger partial charge in [0.25, 0.3) is 0 Å². The van der Waals surface area contributed by atoms with Gasteiger partial charge in [-0.2, -0.15) is 4.31 Å². The van der Waals surface area contributed by atoms with E-state index in [1.165, 1.54) is 20.2 Å². The Kier molecular flexibility index (Phi) is 5.67. The predicted molar refractivity (Wildman–Crippen MR) is 90.8 cm³/mol. The first-order chi connectivity index (χ1) is 10.8. The van der Waals surface area contributed by atoms with Crippen LogP contribution >= 0.6 is 27.5 Å². The van der Waals surface area contributed by atoms with Crippen LogP contribution in [0.5, 0.6) is 5.75 Å². The molecule has 0 aliphatic carbocycles. The zero-order valence-electron chi connectivity index (χ0n) is 12.4. The van der Waals surface area contributed by atoms with Crippen LogP contribution in [0.25, 0.3) is 0 Å². The summed E-state index contributed by atoms with van der Waals surface area (Å²) >= 11 is 9.04. The molecule has 0 bridgehead atoms. The summed E-state index contributed by atoms with van der Waals surface area (Å²) in [5.74, 6) is 0.0182. The molecule has 0 aliphatic rings. The van der Waals surface area contributed by atoms with E-state index in [1.807, 2.05) is 0 Å². The molecule has 0 fully saturated rings. The van der Waals surface area contributed by atoms with Crippen molar-refractivity contribution in [1.29, 1.82) is 0 Å². The van der Waals surface area contributed by atoms with Gasteiger partial charge in [0.05, 0.1) is 12.0 Å². The fraction of sp³-hybridized carbons (Fsp3) is 0.200. The first-order valence-corrected chi connectivity index (χ1v) is 9.10. The topological polar surface area (TPSA) is 46.6 Å². The SMILES string of the molecule is COc1ccc(Cl)cc1CN(C)S(=O)(=O)c1ccc(F)cc1Br. The Labute approximate surface area is 148 Å². The summed E-state index contributed by atoms with van der Waals surface area (Å²) in [4.78, 5) is -0.0117. The van der Waals surface area contributed by atoms with E-state index in [2.05, 4.69) is 15.9 Å². The van der Waals surface area contributed by atoms with Crippen molar-refractivity contribution in [3.63, 3.8) is 0 Å². The molecule has 0 saturated heterocycles. The number of methoxy groups -OCH3 is 1. The Morgan fingerprint density at radius 3 is 2.57 bits per heavy atom. The molecule has 4 nitrogen and oxygen atoms in total. The van der Waals surface area contributed by atoms with Gasteiger partial charge in [0.15, 0.2) is 0 Å². The van der Waals surface area contributed by atoms with Crippen LogP contribution < -0.4 is 4.74 Å². The molecule has 8 heteroatoms. The standard InChI is InChI=1S/C15H14BrClFNO3S/c1-19(9-10-7-11(17)3-5-14(10)22-2)23(20,21)15-6-4-12(18)8-13(15)16/h3-8H,9H2,1-2H3. The third-order valence-electron chi connectivity index (χ3n) is 3.22. The molecule has 0 N–H and O–H groups in total. The van der Waals surface area contributed by atoms with Crippen LogP contribution in [-0.4, -0.2) is 26.9 Å². The maximum Gasteiger partial charge on any atom is 0.244 e. The van der Waals surface area contributed by atoms with Gasteiger partial charge in [-0.25, -0.2) is 12.8 Å². The lowest BCUT2D eigenvalue weighted by Gasteiger charge is -2.19. The van der Waals surface area contributed by atoms with Crippen LogP contribution in [0.15, 0.2) is 45.8 Å². The molecule has 0 aliphatic heterocycles. The van der Waals surface area contributed by atoms with Crippen molar-refractivity contribution in [2.45, 2.75) is 11.4 Å². The van der Waals surface area contributed by atoms with E-state index in [4.69, 9.17) is 16.3 Å². The Morgan fingerprint density at radius 2 is 1.96 bits per heavy atom. The second-order valence-corrected chi connectivity index (χ2v) is 8.10. The number of hydrogen-bond donors (Lipinski definition) is 0. The monoisotopic (exact) mass is 421 g/mol. The zero-order valence-corrected chi connectivity index (χ0v) is 15.5. The van der Waals surface area contributed by atoms with Crippen molar-refractivity contribution in [3.05, 3.63) is 57.3 Å². The summed E-state index contributed by atoms with van der Waals surface area (Å²) in [6.45, 7) is 0.0654. The molecule has 23 heavy (non-hydrogen) atoms. The molecule has 0 amide bonds. The van der Waals surface area contributed by atoms with E-state index < -0.39 is 15.8 Å². The summed E-state index contributed by atoms with van der Waals surface area (Å²) in [6, 6.07) is 8.42. The van der Waals surface area contributed by atoms with Crippen molar-refractivity contribution in [2.75, 3.05) is 14.2 Å². The molecule has 2 aromatic carbocycles. The van der Waals surface area contributed by atoms with Crippen molar-refractivity contribution in [1.82, 2.24) is 4.31 Å². The van der Waals surface area contributed by atoms with Gasteiger partial charge < -0.3 is 4.74 Å². The fourth-order valence-corrected chi connectivity index (χ4v) is 4.40. The second kappa shape index (κ2) is 7.17. The highest BCUT2D eigenvalue weighted by Crippen LogP contribution is 2.29. The van der Waals surface area contributed by atoms with Gasteiger partial charge >= 0.3 is 0 Å². The highest BCUT2D eigenvalue weighted by molar-refractivity contribution is 9.10. The maximum atomic E-state index is 13.2. The maximum absolute atomic E-state index is 13.2. The van der Waals surface area contributed by atoms with Gasteiger partial charge in [0, 0.05) is 28.7 Å². The number of ether oxygens (including phenoxy) is 1. The molecule has 0 saturated carbocycles. The molecular weight excluding hydrogens is 409 g/mol. The molecule has 0 heterocycles. The van der Waals surface area contributed by atoms with Crippen LogP contribution in [0.1, 0.15) is 5.56 Å². The lowest BCUT2D eigenvalue weighted by atomic mass is 10.2. The number of rotatable bonds is 5. The number of halogens is 3. The Bertz CT molecular complexity index is 829. The summed E-state index contributed by atoms with van der Waals surface area (Å²) in [7, 11) is -0.867. The van der Waals surface area contributed by atoms with Gasteiger partial charge in [0.1, 0.15) is 11.6 Å². The second-order valence-electron chi connectivity index (χ2n) is 4.79. The van der Waals surface area contributed by atoms with Crippen LogP contribution in [0, 0.1) is 5.82 Å². The van der Waals surface area contributed by atoms with E-state index in [0.717, 1.165) is 16.4 Å². The Hall–Kier alpha value is -1.15. The largest absolute Gasteiger partial charge is 0.496 e. The van der Waals surface area contributed by atoms with Gasteiger partial charge in [-0.15, -0.1) is 0 Å². The average molecular weight is 423 g/mol. The van der Waals surface area contributed by atoms with Crippen LogP contribution in [-0.2, 0) is 16.6 Å². The number of benzene rings is 2. The lowest BCUT2D eigenvalue weighted by molar-refractivity contribution is 0.398. The number of nitrogens with zero attached hydrogens (tertiary/aromatic N) is 1. The molecule has 0 radical (unpaired) electrons. The van der Waals surface area contributed by atoms with Crippen LogP contribution in [0.4, 0.5) is 4.39 Å². The summed E-state index contributed by atoms with van der Waals surface area (Å²) in [5, 5.41) is 0.481. The minimum atomic E-state index is -3.80. The summed E-state index contributed by atoms with van der Waals surface area (Å²) in [5.41, 5.74) is 0.629. The number of hydrogen-bond acceptors (Lipinski definition) is 3. The molecule has 0 atom stereocenters. The Balaban J connectivity index is 2.36. The third kappa shape index (κ3) is 4.03. The smallest absolute Gasteiger partial charge is 0.244 e. The van der Waals surface area contributed by atoms with Gasteiger partial charge in [-0.3, -0.25) is 0 Å². The zero-order chi connectivity index (χ0) is 17.2. The fourth-order valence-electron chi connectivity index (χ4n) is 2.05. The van der Waals surface area contributed by atoms with Gasteiger partial charge in [0.2, 0.25) is 10.0 Å². The molecular formula is C15H14BrClFNO3S. The molecule has 124 valence electrons. The van der Waals surface area contributed by atoms with Crippen LogP contribution in [0.2, 0.25) is 5.02 Å². The third-order valence-corrected chi connectivity index (χ3v) is 6.23. The molecule has 0 spiro atoms. The molecule has 0 unspecified atom stereocenters. The van der Waals surface area contributed by atoms with E-state index >= 15 is 0 Å². The Morgan fingerprint density at radius 1 is 1.26 bits per heavy atom. The first-order valence-electron chi connectivity index (χ1n) is 6.49. The highest BCUT2D eigenvalue weighted by atomic mass is 79.9. The van der Waals surface area contributed by atoms with E-state index in [-0.39, 0.29) is 15.9 Å². The lowest BCUT2D eigenvalue weighted by Crippen LogP contribution is -2.27. The molecule has 2 rings (SSSR count). The first kappa shape index (κ1) is 18.2. The summed E-state index contributed by atoms with van der Waals surface area (Å²) < 4.78 is 45.0. The quantitative estimate of drug-likeness (QED) is 0.730. The normalized spacial score (nSPS) is 11.7. The van der Waals surface area contributed by atoms with Gasteiger partial charge in [-0.05, 0) is 52.3 Å². The van der Waals surface area contributed by atoms with E-state index in [1.54, 1.807) is 18.2 Å². The summed E-state index contributed by atoms with van der Waals surface area (Å²) in [6.07, 6.45) is 0. The highest BCUT2D eigenvalue weighted by Gasteiger charge is 2.24. The minimum Gasteiger partial charge on any atom is -0.496 e. The van der Waals surface area contributed by atoms with Crippen molar-refractivity contribution >= 4 is 37.6 Å². The average Bonchev–Trinajstić information content (AvgIpc) is 2.47. The van der Waals surface area contributed by atoms with Crippen molar-refractivity contribution < 1.29 is 17.5 Å². The molecule has 2 aromatic rings. The number of sulfonamides is 1. The van der Waals surface area contributed by atoms with Crippen LogP contribution in [0.3, 0.4) is 0 Å². The van der Waals surface area contributed by atoms with E-state index in [9.17, 15) is 12.8 Å². The minimum absolute atomic E-state index is 0.0117. The van der Waals surface area contributed by atoms with Crippen molar-refractivity contribution in [3.8, 4) is 5.75 Å².